The standard InChI is InChI=1S/C67H79F3N6O13S2/c1-44(2)61(75-41-50-15-9-10-16-53(50)46(75)4)65(80)76-42-52(77)39-55(76)63(78)72-40-49-19-18-48(62-45(3)73-43-90-62)37-58(49)88-34-33-87-32-30-85-27-14-8-12-25-83-24-11-7-13-26-84-29-31-86-28-23-74-64(79)60(91-66(74)81)36-47-17-21-57(59(35-47)82-6)89-56-22-20-51(71-5)38-54(56)67(68,69)70/h9-10,15-22,35-38,43-44,52,55,61,77H,4,7-8,11-14,23-34,39-42H2,1-3,6H3,(H,72,78)/b60-36-/t52-,55+,61+/m1/s1. The minimum atomic E-state index is -4.77. The van der Waals surface area contributed by atoms with Crippen molar-refractivity contribution in [3.05, 3.63) is 141 Å². The number of unbranched alkanes of at least 4 members (excludes halogenated alkanes) is 4. The molecule has 2 fully saturated rings. The van der Waals surface area contributed by atoms with E-state index in [4.69, 9.17) is 44.5 Å². The number of alkyl halides is 3. The second kappa shape index (κ2) is 34.4. The molecule has 488 valence electrons. The normalized spacial score (nSPS) is 16.5. The Morgan fingerprint density at radius 3 is 2.13 bits per heavy atom. The highest BCUT2D eigenvalue weighted by Crippen LogP contribution is 2.43. The molecule has 2 N–H and O–H groups in total. The molecule has 0 spiro atoms. The number of thiazole rings is 1. The molecule has 4 aromatic carbocycles. The van der Waals surface area contributed by atoms with Gasteiger partial charge in [-0.05, 0) is 116 Å². The summed E-state index contributed by atoms with van der Waals surface area (Å²) in [6.45, 7) is 22.9. The number of thioether (sulfide) groups is 1. The maximum Gasteiger partial charge on any atom is 0.418 e. The lowest BCUT2D eigenvalue weighted by atomic mass is 10.00. The fourth-order valence-electron chi connectivity index (χ4n) is 10.8. The number of nitrogens with one attached hydrogen (secondary N) is 1. The van der Waals surface area contributed by atoms with Crippen molar-refractivity contribution in [2.24, 2.45) is 5.92 Å². The number of halogens is 3. The highest BCUT2D eigenvalue weighted by Gasteiger charge is 2.45. The molecule has 0 unspecified atom stereocenters. The van der Waals surface area contributed by atoms with Crippen LogP contribution in [0, 0.1) is 19.4 Å². The van der Waals surface area contributed by atoms with Gasteiger partial charge >= 0.3 is 6.18 Å². The first-order chi connectivity index (χ1) is 43.9. The number of aliphatic hydroxyl groups is 1. The number of fused-ring (bicyclic) bond motifs is 1. The molecule has 0 radical (unpaired) electrons. The third-order valence-corrected chi connectivity index (χ3v) is 17.3. The number of likely N-dealkylation sites (tertiary alicyclic amines) is 1. The third kappa shape index (κ3) is 19.4. The second-order valence-electron chi connectivity index (χ2n) is 22.3. The summed E-state index contributed by atoms with van der Waals surface area (Å²) in [4.78, 5) is 67.4. The SMILES string of the molecule is [C-]#[N+]c1ccc(Oc2ccc(/C=C3\SC(=O)N(CCOCCOCCCCCOCCCCCOCCOCCOc4cc(-c5scnc5C)ccc4CNC(=O)[C@@H]4C[C@@H](O)CN4C(=O)[C@H](C(C)C)N4Cc5ccccc5C4=C)C3=O)cc2OC)c(C(F)(F)F)c1. The first-order valence-corrected chi connectivity index (χ1v) is 32.2. The van der Waals surface area contributed by atoms with Crippen LogP contribution in [0.5, 0.6) is 23.0 Å². The van der Waals surface area contributed by atoms with Gasteiger partial charge in [-0.25, -0.2) is 9.83 Å². The average Bonchev–Trinajstić information content (AvgIpc) is 1.69. The van der Waals surface area contributed by atoms with Crippen LogP contribution in [0.2, 0.25) is 0 Å². The molecule has 3 atom stereocenters. The maximum atomic E-state index is 14.4. The van der Waals surface area contributed by atoms with E-state index in [9.17, 15) is 37.5 Å². The van der Waals surface area contributed by atoms with Gasteiger partial charge in [0, 0.05) is 69.3 Å². The Bertz CT molecular complexity index is 3370. The van der Waals surface area contributed by atoms with E-state index in [1.165, 1.54) is 53.7 Å². The summed E-state index contributed by atoms with van der Waals surface area (Å²) in [6.07, 6.45) is 1.59. The summed E-state index contributed by atoms with van der Waals surface area (Å²) in [7, 11) is 1.32. The predicted octanol–water partition coefficient (Wildman–Crippen LogP) is 12.1. The molecular weight excluding hydrogens is 1220 g/mol. The minimum absolute atomic E-state index is 0.0204. The largest absolute Gasteiger partial charge is 0.493 e. The fraction of sp³-hybridized carbons (Fsp3) is 0.463. The van der Waals surface area contributed by atoms with E-state index in [1.54, 1.807) is 5.51 Å². The van der Waals surface area contributed by atoms with Gasteiger partial charge in [0.25, 0.3) is 11.1 Å². The number of β-amino-alcohol motifs (C(OH)–C–C–N with tert-alkyl or cyclic N) is 1. The molecule has 0 aliphatic carbocycles. The number of hydrogen-bond donors (Lipinski definition) is 2. The smallest absolute Gasteiger partial charge is 0.418 e. The molecule has 5 aromatic rings. The number of rotatable bonds is 36. The number of carbonyl (C=O) groups is 4. The van der Waals surface area contributed by atoms with Crippen LogP contribution in [0.1, 0.15) is 92.3 Å². The summed E-state index contributed by atoms with van der Waals surface area (Å²) in [5, 5.41) is 13.4. The van der Waals surface area contributed by atoms with Gasteiger partial charge in [0.2, 0.25) is 11.8 Å². The third-order valence-electron chi connectivity index (χ3n) is 15.4. The Kier molecular flexibility index (Phi) is 26.3. The van der Waals surface area contributed by atoms with Gasteiger partial charge < -0.3 is 58.1 Å². The molecule has 3 aliphatic heterocycles. The molecule has 1 aromatic heterocycles. The Morgan fingerprint density at radius 1 is 0.824 bits per heavy atom. The van der Waals surface area contributed by atoms with Crippen LogP contribution in [0.25, 0.3) is 27.1 Å². The number of amides is 4. The summed E-state index contributed by atoms with van der Waals surface area (Å²) in [5.74, 6) is -0.974. The van der Waals surface area contributed by atoms with Crippen molar-refractivity contribution < 1.29 is 75.4 Å². The zero-order valence-electron chi connectivity index (χ0n) is 51.8. The topological polar surface area (TPSA) is 201 Å². The molecule has 91 heavy (non-hydrogen) atoms. The lowest BCUT2D eigenvalue weighted by Crippen LogP contribution is -2.54. The molecule has 8 rings (SSSR count). The summed E-state index contributed by atoms with van der Waals surface area (Å²) in [6, 6.07) is 19.8. The van der Waals surface area contributed by atoms with Gasteiger partial charge in [-0.2, -0.15) is 13.2 Å². The molecule has 3 aliphatic rings. The first-order valence-electron chi connectivity index (χ1n) is 30.5. The number of hydrogen-bond acceptors (Lipinski definition) is 17. The molecule has 0 saturated carbocycles. The summed E-state index contributed by atoms with van der Waals surface area (Å²) >= 11 is 2.30. The molecule has 24 heteroatoms. The minimum Gasteiger partial charge on any atom is -0.493 e. The zero-order chi connectivity index (χ0) is 64.9. The van der Waals surface area contributed by atoms with Crippen molar-refractivity contribution in [2.75, 3.05) is 92.9 Å². The maximum absolute atomic E-state index is 14.4. The predicted molar refractivity (Wildman–Crippen MR) is 341 cm³/mol. The number of nitrogens with zero attached hydrogens (tertiary/aromatic N) is 5. The molecule has 2 saturated heterocycles. The molecule has 4 amide bonds. The van der Waals surface area contributed by atoms with Crippen molar-refractivity contribution in [3.8, 4) is 33.4 Å². The number of methoxy groups -OCH3 is 1. The number of aromatic nitrogens is 1. The van der Waals surface area contributed by atoms with Gasteiger partial charge in [-0.15, -0.1) is 11.3 Å². The van der Waals surface area contributed by atoms with E-state index in [-0.39, 0.29) is 79.1 Å². The lowest BCUT2D eigenvalue weighted by Gasteiger charge is -2.36. The van der Waals surface area contributed by atoms with E-state index in [1.807, 2.05) is 68.1 Å². The number of aryl methyl sites for hydroxylation is 1. The Hall–Kier alpha value is -7.34. The monoisotopic (exact) mass is 1300 g/mol. The van der Waals surface area contributed by atoms with Crippen LogP contribution in [-0.4, -0.2) is 159 Å². The lowest BCUT2D eigenvalue weighted by molar-refractivity contribution is -0.143. The number of ether oxygens (including phenoxy) is 8. The molecule has 4 heterocycles. The highest BCUT2D eigenvalue weighted by atomic mass is 32.2. The van der Waals surface area contributed by atoms with Crippen molar-refractivity contribution >= 4 is 63.5 Å². The fourth-order valence-corrected chi connectivity index (χ4v) is 12.4. The van der Waals surface area contributed by atoms with E-state index >= 15 is 0 Å². The number of carbonyl (C=O) groups excluding carboxylic acids is 4. The van der Waals surface area contributed by atoms with Gasteiger partial charge in [-0.3, -0.25) is 24.1 Å². The van der Waals surface area contributed by atoms with E-state index in [0.29, 0.717) is 83.4 Å². The van der Waals surface area contributed by atoms with Crippen LogP contribution in [0.15, 0.2) is 95.9 Å². The van der Waals surface area contributed by atoms with Crippen LogP contribution in [-0.2, 0) is 57.3 Å². The van der Waals surface area contributed by atoms with Crippen molar-refractivity contribution in [3.63, 3.8) is 0 Å². The van der Waals surface area contributed by atoms with Crippen LogP contribution in [0.4, 0.5) is 23.7 Å². The van der Waals surface area contributed by atoms with E-state index in [0.717, 1.165) is 99.8 Å². The summed E-state index contributed by atoms with van der Waals surface area (Å²) < 4.78 is 87.1. The zero-order valence-corrected chi connectivity index (χ0v) is 53.4. The first kappa shape index (κ1) is 69.5. The van der Waals surface area contributed by atoms with Crippen LogP contribution in [0.3, 0.4) is 0 Å². The Labute approximate surface area is 537 Å². The van der Waals surface area contributed by atoms with Crippen molar-refractivity contribution in [1.82, 2.24) is 25.0 Å². The Balaban J connectivity index is 0.630. The Morgan fingerprint density at radius 2 is 1.48 bits per heavy atom. The molecule has 0 bridgehead atoms. The van der Waals surface area contributed by atoms with Crippen molar-refractivity contribution in [1.29, 1.82) is 0 Å². The van der Waals surface area contributed by atoms with Gasteiger partial charge in [0.05, 0.1) is 92.5 Å². The molecular formula is C67H79F3N6O13S2. The van der Waals surface area contributed by atoms with Gasteiger partial charge in [0.15, 0.2) is 17.2 Å². The highest BCUT2D eigenvalue weighted by molar-refractivity contribution is 8.18. The molecule has 19 nitrogen and oxygen atoms in total. The number of imide groups is 1. The van der Waals surface area contributed by atoms with E-state index < -0.39 is 46.8 Å². The van der Waals surface area contributed by atoms with Gasteiger partial charge in [0.1, 0.15) is 30.2 Å². The van der Waals surface area contributed by atoms with E-state index in [2.05, 4.69) is 21.7 Å². The average molecular weight is 1300 g/mol. The van der Waals surface area contributed by atoms with Crippen molar-refractivity contribution in [2.45, 2.75) is 103 Å². The number of aliphatic hydroxyl groups excluding tert-OH is 1. The second-order valence-corrected chi connectivity index (χ2v) is 24.1. The van der Waals surface area contributed by atoms with Crippen LogP contribution < -0.4 is 19.5 Å². The quantitative estimate of drug-likeness (QED) is 0.0218. The number of benzene rings is 4. The summed E-state index contributed by atoms with van der Waals surface area (Å²) in [5.41, 5.74) is 6.45. The van der Waals surface area contributed by atoms with Crippen LogP contribution >= 0.6 is 23.1 Å². The van der Waals surface area contributed by atoms with Gasteiger partial charge in [-0.1, -0.05) is 69.0 Å².